The summed E-state index contributed by atoms with van der Waals surface area (Å²) in [5.41, 5.74) is 3.78. The van der Waals surface area contributed by atoms with Gasteiger partial charge in [0.2, 0.25) is 0 Å². The smallest absolute Gasteiger partial charge is 0.346 e. The molecule has 2 aromatic heterocycles. The summed E-state index contributed by atoms with van der Waals surface area (Å²) < 4.78 is 17.9. The molecule has 2 bridgehead atoms. The number of thiophene rings is 1. The van der Waals surface area contributed by atoms with Gasteiger partial charge in [-0.1, -0.05) is 89.9 Å². The first kappa shape index (κ1) is 39.6. The molecule has 0 saturated carbocycles. The van der Waals surface area contributed by atoms with Crippen LogP contribution in [0, 0.1) is 5.21 Å². The van der Waals surface area contributed by atoms with Crippen molar-refractivity contribution in [3.63, 3.8) is 0 Å². The van der Waals surface area contributed by atoms with Crippen LogP contribution in [-0.4, -0.2) is 54.4 Å². The van der Waals surface area contributed by atoms with Gasteiger partial charge in [0.15, 0.2) is 23.9 Å². The molecular weight excluding hydrogens is 773 g/mol. The molecule has 2 aliphatic heterocycles. The molecule has 7 rings (SSSR count). The second-order valence-electron chi connectivity index (χ2n) is 14.3. The zero-order valence-corrected chi connectivity index (χ0v) is 33.4. The number of esters is 1. The number of nitrogens with zero attached hydrogens (tertiary/aromatic N) is 2. The lowest BCUT2D eigenvalue weighted by Crippen LogP contribution is -2.46. The molecule has 0 radical (unpaired) electrons. The Balaban J connectivity index is 1.14. The van der Waals surface area contributed by atoms with Gasteiger partial charge in [0.05, 0.1) is 14.2 Å². The van der Waals surface area contributed by atoms with Gasteiger partial charge in [-0.2, -0.15) is 4.73 Å². The topological polar surface area (TPSA) is 124 Å². The number of halogens is 2. The Bertz CT molecular complexity index is 2130. The van der Waals surface area contributed by atoms with Crippen molar-refractivity contribution in [2.45, 2.75) is 75.3 Å². The molecule has 292 valence electrons. The van der Waals surface area contributed by atoms with Gasteiger partial charge in [-0.15, -0.1) is 11.3 Å². The molecule has 0 amide bonds. The van der Waals surface area contributed by atoms with E-state index in [0.717, 1.165) is 54.7 Å². The molecule has 2 saturated heterocycles. The van der Waals surface area contributed by atoms with Crippen LogP contribution in [0.4, 0.5) is 0 Å². The number of pyridine rings is 1. The number of hydrogen-bond acceptors (Lipinski definition) is 9. The van der Waals surface area contributed by atoms with Crippen LogP contribution >= 0.6 is 34.5 Å². The number of nitrogens with one attached hydrogen (secondary N) is 1. The predicted octanol–water partition coefficient (Wildman–Crippen LogP) is 8.35. The van der Waals surface area contributed by atoms with E-state index in [-0.39, 0.29) is 40.0 Å². The van der Waals surface area contributed by atoms with Crippen molar-refractivity contribution in [2.24, 2.45) is 0 Å². The summed E-state index contributed by atoms with van der Waals surface area (Å²) in [6.07, 6.45) is 6.18. The van der Waals surface area contributed by atoms with Crippen LogP contribution in [0.5, 0.6) is 11.5 Å². The van der Waals surface area contributed by atoms with E-state index in [1.54, 1.807) is 12.1 Å². The van der Waals surface area contributed by atoms with Crippen LogP contribution in [0.1, 0.15) is 80.0 Å². The van der Waals surface area contributed by atoms with Crippen LogP contribution in [-0.2, 0) is 29.0 Å². The highest BCUT2D eigenvalue weighted by atomic mass is 35.5. The van der Waals surface area contributed by atoms with Crippen molar-refractivity contribution in [1.29, 1.82) is 0 Å². The van der Waals surface area contributed by atoms with Crippen molar-refractivity contribution in [3.05, 3.63) is 150 Å². The number of aromatic carboxylic acids is 1. The summed E-state index contributed by atoms with van der Waals surface area (Å²) in [7, 11) is 3.06. The summed E-state index contributed by atoms with van der Waals surface area (Å²) in [6.45, 7) is 1.09. The molecule has 10 nitrogen and oxygen atoms in total. The van der Waals surface area contributed by atoms with Crippen molar-refractivity contribution in [1.82, 2.24) is 10.2 Å². The van der Waals surface area contributed by atoms with Gasteiger partial charge < -0.3 is 24.5 Å². The summed E-state index contributed by atoms with van der Waals surface area (Å²) in [6, 6.07) is 27.1. The van der Waals surface area contributed by atoms with Gasteiger partial charge in [0.25, 0.3) is 0 Å². The molecule has 0 aliphatic carbocycles. The molecule has 4 heterocycles. The van der Waals surface area contributed by atoms with Crippen molar-refractivity contribution < 1.29 is 33.6 Å². The molecule has 4 atom stereocenters. The van der Waals surface area contributed by atoms with Crippen LogP contribution in [0.2, 0.25) is 10.0 Å². The fourth-order valence-corrected chi connectivity index (χ4v) is 9.78. The Kier molecular flexibility index (Phi) is 12.5. The second kappa shape index (κ2) is 17.7. The van der Waals surface area contributed by atoms with E-state index < -0.39 is 17.9 Å². The first-order chi connectivity index (χ1) is 27.1. The average Bonchev–Trinajstić information content (AvgIpc) is 3.71. The number of aromatic nitrogens is 1. The number of fused-ring (bicyclic) bond motifs is 2. The van der Waals surface area contributed by atoms with Gasteiger partial charge >= 0.3 is 11.9 Å². The van der Waals surface area contributed by atoms with Gasteiger partial charge in [-0.3, -0.25) is 10.2 Å². The lowest BCUT2D eigenvalue weighted by Gasteiger charge is -2.39. The molecule has 56 heavy (non-hydrogen) atoms. The van der Waals surface area contributed by atoms with Gasteiger partial charge in [-0.25, -0.2) is 9.59 Å². The second-order valence-corrected chi connectivity index (χ2v) is 16.2. The highest BCUT2D eigenvalue weighted by Crippen LogP contribution is 2.42. The Morgan fingerprint density at radius 2 is 1.55 bits per heavy atom. The molecule has 0 spiro atoms. The monoisotopic (exact) mass is 815 g/mol. The lowest BCUT2D eigenvalue weighted by molar-refractivity contribution is -0.605. The van der Waals surface area contributed by atoms with Crippen LogP contribution in [0.15, 0.2) is 97.3 Å². The zero-order valence-electron chi connectivity index (χ0n) is 31.0. The van der Waals surface area contributed by atoms with Crippen molar-refractivity contribution in [3.8, 4) is 11.5 Å². The molecule has 3 aromatic carbocycles. The number of hydrogen-bond donors (Lipinski definition) is 2. The third-order valence-electron chi connectivity index (χ3n) is 10.8. The molecular formula is C43H43Cl2N3O7S. The van der Waals surface area contributed by atoms with E-state index in [9.17, 15) is 19.9 Å². The van der Waals surface area contributed by atoms with Gasteiger partial charge in [0, 0.05) is 54.4 Å². The Hall–Kier alpha value is -4.65. The van der Waals surface area contributed by atoms with E-state index in [4.69, 9.17) is 37.4 Å². The number of ether oxygens (including phenoxy) is 3. The Morgan fingerprint density at radius 1 is 0.911 bits per heavy atom. The van der Waals surface area contributed by atoms with Crippen LogP contribution < -0.4 is 19.5 Å². The number of carbonyl (C=O) groups excluding carboxylic acids is 1. The third-order valence-corrected chi connectivity index (χ3v) is 12.6. The van der Waals surface area contributed by atoms with Gasteiger partial charge in [0.1, 0.15) is 27.1 Å². The highest BCUT2D eigenvalue weighted by molar-refractivity contribution is 7.14. The molecule has 2 fully saturated rings. The maximum atomic E-state index is 14.1. The summed E-state index contributed by atoms with van der Waals surface area (Å²) in [4.78, 5) is 30.3. The largest absolute Gasteiger partial charge is 0.619 e. The van der Waals surface area contributed by atoms with Crippen molar-refractivity contribution >= 4 is 46.5 Å². The van der Waals surface area contributed by atoms with E-state index >= 15 is 0 Å². The van der Waals surface area contributed by atoms with E-state index in [1.807, 2.05) is 48.5 Å². The maximum Gasteiger partial charge on any atom is 0.346 e. The quantitative estimate of drug-likeness (QED) is 0.0610. The summed E-state index contributed by atoms with van der Waals surface area (Å²) in [5.74, 6) is -1.06. The molecule has 5 aromatic rings. The number of carbonyl (C=O) groups is 2. The minimum absolute atomic E-state index is 0.125. The summed E-state index contributed by atoms with van der Waals surface area (Å²) in [5, 5.41) is 26.3. The predicted molar refractivity (Wildman–Crippen MR) is 216 cm³/mol. The number of rotatable bonds is 15. The minimum Gasteiger partial charge on any atom is -0.619 e. The molecule has 2 N–H and O–H groups in total. The SMILES string of the molecule is COc1ccc([C@H](Cc2c(Cl)c[n+]([O-])cc2Cl)c2cc(CNC(C(=O)OC3CC4CCC(C3)N4Cc3ccccc3)c3ccccc3)sc2C(=O)O)cc1OC. The minimum atomic E-state index is -1.10. The number of carboxylic acids is 1. The fourth-order valence-electron chi connectivity index (χ4n) is 8.17. The van der Waals surface area contributed by atoms with Gasteiger partial charge in [-0.05, 0) is 59.7 Å². The Morgan fingerprint density at radius 3 is 2.18 bits per heavy atom. The fraction of sp³-hybridized carbons (Fsp3) is 0.326. The Labute approximate surface area is 340 Å². The standard InChI is InChI=1S/C43H43Cl2N3O7S/c1-53-38-16-13-28(17-39(38)54-2)33(21-35-36(44)24-47(52)25-37(35)45)34-20-32(56-41(34)42(49)50)22-46-40(27-11-7-4-8-12-27)43(51)55-31-18-29-14-15-30(19-31)48(29)23-26-9-5-3-6-10-26/h3-13,16-17,20,24-25,29-31,33,40,46H,14-15,18-19,21-23H2,1-2H3,(H,49,50)/t29?,30?,31?,33-,40?/m0/s1. The first-order valence-electron chi connectivity index (χ1n) is 18.5. The highest BCUT2D eigenvalue weighted by Gasteiger charge is 2.42. The number of carboxylic acid groups (broad SMARTS) is 1. The molecule has 2 aliphatic rings. The number of piperidine rings is 1. The zero-order chi connectivity index (χ0) is 39.3. The molecule has 13 heteroatoms. The molecule has 3 unspecified atom stereocenters. The number of benzene rings is 3. The maximum absolute atomic E-state index is 14.1. The van der Waals surface area contributed by atoms with E-state index in [0.29, 0.717) is 44.3 Å². The summed E-state index contributed by atoms with van der Waals surface area (Å²) >= 11 is 14.2. The van der Waals surface area contributed by atoms with Crippen molar-refractivity contribution in [2.75, 3.05) is 14.2 Å². The number of methoxy groups -OCH3 is 2. The normalized spacial score (nSPS) is 19.0. The van der Waals surface area contributed by atoms with E-state index in [1.165, 1.54) is 32.2 Å². The van der Waals surface area contributed by atoms with Crippen LogP contribution in [0.25, 0.3) is 0 Å². The average molecular weight is 817 g/mol. The van der Waals surface area contributed by atoms with E-state index in [2.05, 4.69) is 34.5 Å². The lowest BCUT2D eigenvalue weighted by atomic mass is 9.85. The third kappa shape index (κ3) is 8.82. The first-order valence-corrected chi connectivity index (χ1v) is 20.1. The van der Waals surface area contributed by atoms with Crippen LogP contribution in [0.3, 0.4) is 0 Å².